The van der Waals surface area contributed by atoms with Crippen LogP contribution in [0.2, 0.25) is 0 Å². The Morgan fingerprint density at radius 3 is 2.76 bits per heavy atom. The Kier molecular flexibility index (Phi) is 3.05. The van der Waals surface area contributed by atoms with Crippen LogP contribution in [0.1, 0.15) is 41.4 Å². The molecule has 0 radical (unpaired) electrons. The average molecular weight is 234 g/mol. The number of H-pyrrole nitrogens is 1. The second-order valence-corrected chi connectivity index (χ2v) is 4.81. The lowest BCUT2D eigenvalue weighted by Crippen LogP contribution is -2.37. The minimum absolute atomic E-state index is 0.139. The van der Waals surface area contributed by atoms with Gasteiger partial charge in [0.1, 0.15) is 5.56 Å². The first kappa shape index (κ1) is 11.9. The minimum atomic E-state index is -0.280. The van der Waals surface area contributed by atoms with E-state index in [0.717, 1.165) is 30.6 Å². The maximum Gasteiger partial charge on any atom is 0.261 e. The van der Waals surface area contributed by atoms with Crippen molar-refractivity contribution in [2.75, 3.05) is 6.54 Å². The molecule has 1 saturated heterocycles. The summed E-state index contributed by atoms with van der Waals surface area (Å²) < 4.78 is 0. The van der Waals surface area contributed by atoms with E-state index in [1.807, 2.05) is 20.8 Å². The van der Waals surface area contributed by atoms with Crippen molar-refractivity contribution in [2.24, 2.45) is 0 Å². The van der Waals surface area contributed by atoms with E-state index in [2.05, 4.69) is 4.98 Å². The first-order valence-corrected chi connectivity index (χ1v) is 6.02. The summed E-state index contributed by atoms with van der Waals surface area (Å²) in [5, 5.41) is 0. The monoisotopic (exact) mass is 234 g/mol. The summed E-state index contributed by atoms with van der Waals surface area (Å²) in [6.07, 6.45) is 2.05. The van der Waals surface area contributed by atoms with Crippen LogP contribution < -0.4 is 5.56 Å². The summed E-state index contributed by atoms with van der Waals surface area (Å²) in [5.74, 6) is -0.139. The van der Waals surface area contributed by atoms with Gasteiger partial charge in [0.25, 0.3) is 11.5 Å². The Hall–Kier alpha value is -1.58. The number of rotatable bonds is 1. The van der Waals surface area contributed by atoms with E-state index in [-0.39, 0.29) is 23.1 Å². The number of aromatic nitrogens is 1. The Morgan fingerprint density at radius 2 is 2.18 bits per heavy atom. The third kappa shape index (κ3) is 2.12. The van der Waals surface area contributed by atoms with E-state index in [1.165, 1.54) is 0 Å². The number of nitrogens with zero attached hydrogens (tertiary/aromatic N) is 1. The molecular formula is C13H18N2O2. The van der Waals surface area contributed by atoms with Gasteiger partial charge in [0.15, 0.2) is 0 Å². The molecule has 0 unspecified atom stereocenters. The smallest absolute Gasteiger partial charge is 0.261 e. The molecule has 1 aliphatic heterocycles. The molecule has 1 aromatic rings. The molecule has 0 saturated carbocycles. The van der Waals surface area contributed by atoms with E-state index in [0.29, 0.717) is 0 Å². The van der Waals surface area contributed by atoms with Crippen LogP contribution in [-0.4, -0.2) is 28.4 Å². The van der Waals surface area contributed by atoms with Gasteiger partial charge in [-0.3, -0.25) is 9.59 Å². The largest absolute Gasteiger partial charge is 0.336 e. The van der Waals surface area contributed by atoms with Crippen LogP contribution in [0.15, 0.2) is 10.9 Å². The van der Waals surface area contributed by atoms with Crippen LogP contribution in [0, 0.1) is 13.8 Å². The lowest BCUT2D eigenvalue weighted by atomic mass is 10.1. The second-order valence-electron chi connectivity index (χ2n) is 4.81. The van der Waals surface area contributed by atoms with Crippen molar-refractivity contribution in [1.82, 2.24) is 9.88 Å². The van der Waals surface area contributed by atoms with Crippen LogP contribution in [-0.2, 0) is 0 Å². The number of carbonyl (C=O) groups is 1. The molecule has 17 heavy (non-hydrogen) atoms. The number of aromatic amines is 1. The minimum Gasteiger partial charge on any atom is -0.336 e. The first-order chi connectivity index (χ1) is 8.00. The van der Waals surface area contributed by atoms with E-state index >= 15 is 0 Å². The summed E-state index contributed by atoms with van der Waals surface area (Å²) in [4.78, 5) is 28.6. The standard InChI is InChI=1S/C13H18N2O2/c1-8-7-11(12(16)14-10(8)3)13(17)15-6-4-5-9(15)2/h7,9H,4-6H2,1-3H3,(H,14,16)/t9-/m0/s1. The lowest BCUT2D eigenvalue weighted by Gasteiger charge is -2.21. The summed E-state index contributed by atoms with van der Waals surface area (Å²) in [6.45, 7) is 6.52. The zero-order valence-electron chi connectivity index (χ0n) is 10.5. The predicted octanol–water partition coefficient (Wildman–Crippen LogP) is 1.62. The first-order valence-electron chi connectivity index (χ1n) is 6.02. The Bertz CT molecular complexity index is 505. The number of aryl methyl sites for hydroxylation is 2. The molecule has 4 heteroatoms. The van der Waals surface area contributed by atoms with Gasteiger partial charge in [0.2, 0.25) is 0 Å². The number of nitrogens with one attached hydrogen (secondary N) is 1. The van der Waals surface area contributed by atoms with E-state index in [9.17, 15) is 9.59 Å². The fourth-order valence-electron chi connectivity index (χ4n) is 2.28. The average Bonchev–Trinajstić information content (AvgIpc) is 2.69. The maximum absolute atomic E-state index is 12.2. The lowest BCUT2D eigenvalue weighted by molar-refractivity contribution is 0.0745. The summed E-state index contributed by atoms with van der Waals surface area (Å²) in [5.41, 5.74) is 1.75. The molecule has 1 amide bonds. The topological polar surface area (TPSA) is 53.2 Å². The molecule has 2 heterocycles. The molecule has 0 aliphatic carbocycles. The van der Waals surface area contributed by atoms with Crippen LogP contribution in [0.5, 0.6) is 0 Å². The number of pyridine rings is 1. The van der Waals surface area contributed by atoms with Crippen molar-refractivity contribution in [1.29, 1.82) is 0 Å². The van der Waals surface area contributed by atoms with Crippen molar-refractivity contribution in [3.05, 3.63) is 33.2 Å². The highest BCUT2D eigenvalue weighted by atomic mass is 16.2. The zero-order valence-corrected chi connectivity index (χ0v) is 10.5. The number of hydrogen-bond acceptors (Lipinski definition) is 2. The zero-order chi connectivity index (χ0) is 12.6. The van der Waals surface area contributed by atoms with Crippen LogP contribution in [0.3, 0.4) is 0 Å². The summed E-state index contributed by atoms with van der Waals surface area (Å²) >= 11 is 0. The highest BCUT2D eigenvalue weighted by Gasteiger charge is 2.27. The molecule has 1 atom stereocenters. The molecule has 0 spiro atoms. The Labute approximate surface area is 101 Å². The van der Waals surface area contributed by atoms with Crippen LogP contribution in [0.4, 0.5) is 0 Å². The van der Waals surface area contributed by atoms with Crippen LogP contribution in [0.25, 0.3) is 0 Å². The molecular weight excluding hydrogens is 216 g/mol. The molecule has 4 nitrogen and oxygen atoms in total. The third-order valence-electron chi connectivity index (χ3n) is 3.54. The van der Waals surface area contributed by atoms with Crippen molar-refractivity contribution in [2.45, 2.75) is 39.7 Å². The van der Waals surface area contributed by atoms with Gasteiger partial charge in [-0.25, -0.2) is 0 Å². The van der Waals surface area contributed by atoms with E-state index in [1.54, 1.807) is 11.0 Å². The Morgan fingerprint density at radius 1 is 1.47 bits per heavy atom. The summed E-state index contributed by atoms with van der Waals surface area (Å²) in [7, 11) is 0. The second kappa shape index (κ2) is 4.35. The molecule has 0 bridgehead atoms. The Balaban J connectivity index is 2.37. The molecule has 0 aromatic carbocycles. The molecule has 1 fully saturated rings. The van der Waals surface area contributed by atoms with Crippen molar-refractivity contribution in [3.63, 3.8) is 0 Å². The van der Waals surface area contributed by atoms with Crippen molar-refractivity contribution in [3.8, 4) is 0 Å². The van der Waals surface area contributed by atoms with Crippen molar-refractivity contribution < 1.29 is 4.79 Å². The van der Waals surface area contributed by atoms with Crippen molar-refractivity contribution >= 4 is 5.91 Å². The maximum atomic E-state index is 12.2. The van der Waals surface area contributed by atoms with Gasteiger partial charge in [-0.05, 0) is 45.2 Å². The number of likely N-dealkylation sites (tertiary alicyclic amines) is 1. The number of hydrogen-bond donors (Lipinski definition) is 1. The molecule has 1 aromatic heterocycles. The summed E-state index contributed by atoms with van der Waals surface area (Å²) in [6, 6.07) is 1.94. The fraction of sp³-hybridized carbons (Fsp3) is 0.538. The molecule has 1 N–H and O–H groups in total. The normalized spacial score (nSPS) is 19.7. The van der Waals surface area contributed by atoms with Gasteiger partial charge < -0.3 is 9.88 Å². The van der Waals surface area contributed by atoms with Crippen LogP contribution >= 0.6 is 0 Å². The predicted molar refractivity (Wildman–Crippen MR) is 66.3 cm³/mol. The highest BCUT2D eigenvalue weighted by molar-refractivity contribution is 5.94. The van der Waals surface area contributed by atoms with Gasteiger partial charge in [0.05, 0.1) is 0 Å². The number of amides is 1. The quantitative estimate of drug-likeness (QED) is 0.802. The molecule has 1 aliphatic rings. The SMILES string of the molecule is Cc1cc(C(=O)N2CCC[C@@H]2C)c(=O)[nH]c1C. The van der Waals surface area contributed by atoms with E-state index in [4.69, 9.17) is 0 Å². The van der Waals surface area contributed by atoms with Gasteiger partial charge in [-0.1, -0.05) is 0 Å². The fourth-order valence-corrected chi connectivity index (χ4v) is 2.28. The van der Waals surface area contributed by atoms with Gasteiger partial charge in [-0.15, -0.1) is 0 Å². The van der Waals surface area contributed by atoms with Gasteiger partial charge in [-0.2, -0.15) is 0 Å². The van der Waals surface area contributed by atoms with E-state index < -0.39 is 0 Å². The highest BCUT2D eigenvalue weighted by Crippen LogP contribution is 2.18. The number of carbonyl (C=O) groups excluding carboxylic acids is 1. The van der Waals surface area contributed by atoms with Gasteiger partial charge in [0, 0.05) is 18.3 Å². The molecule has 92 valence electrons. The third-order valence-corrected chi connectivity index (χ3v) is 3.54. The van der Waals surface area contributed by atoms with Gasteiger partial charge >= 0.3 is 0 Å². The molecule has 2 rings (SSSR count).